The van der Waals surface area contributed by atoms with Crippen LogP contribution in [0.3, 0.4) is 0 Å². The maximum Gasteiger partial charge on any atom is 0.0506 e. The molecule has 0 radical (unpaired) electrons. The van der Waals surface area contributed by atoms with Gasteiger partial charge in [0.2, 0.25) is 0 Å². The van der Waals surface area contributed by atoms with Gasteiger partial charge in [0.05, 0.1) is 13.2 Å². The van der Waals surface area contributed by atoms with Crippen LogP contribution in [0.25, 0.3) is 22.3 Å². The summed E-state index contributed by atoms with van der Waals surface area (Å²) in [6, 6.07) is 31.0. The molecule has 0 N–H and O–H groups in total. The Balaban J connectivity index is 1.09. The molecule has 0 bridgehead atoms. The molecule has 2 aliphatic rings. The molecule has 0 unspecified atom stereocenters. The van der Waals surface area contributed by atoms with Crippen molar-refractivity contribution in [3.8, 4) is 22.3 Å². The van der Waals surface area contributed by atoms with Crippen LogP contribution in [0.4, 0.5) is 0 Å². The smallest absolute Gasteiger partial charge is 0.0506 e. The van der Waals surface area contributed by atoms with Crippen molar-refractivity contribution < 1.29 is 4.74 Å². The maximum atomic E-state index is 6.12. The summed E-state index contributed by atoms with van der Waals surface area (Å²) in [5.41, 5.74) is 14.4. The topological polar surface area (TPSA) is 9.23 Å². The summed E-state index contributed by atoms with van der Waals surface area (Å²) in [6.07, 6.45) is 4.07. The van der Waals surface area contributed by atoms with E-state index in [2.05, 4.69) is 84.9 Å². The molecule has 0 saturated carbocycles. The molecular formula is C30H26O. The fourth-order valence-corrected chi connectivity index (χ4v) is 5.38. The zero-order chi connectivity index (χ0) is 20.6. The average molecular weight is 403 g/mol. The molecule has 2 aliphatic carbocycles. The second kappa shape index (κ2) is 7.83. The van der Waals surface area contributed by atoms with Gasteiger partial charge in [-0.15, -0.1) is 0 Å². The third-order valence-corrected chi connectivity index (χ3v) is 6.93. The minimum Gasteiger partial charge on any atom is -0.381 e. The molecular weight excluding hydrogens is 376 g/mol. The second-order valence-electron chi connectivity index (χ2n) is 8.67. The molecule has 0 atom stereocenters. The van der Waals surface area contributed by atoms with Crippen LogP contribution >= 0.6 is 0 Å². The summed E-state index contributed by atoms with van der Waals surface area (Å²) in [5.74, 6) is 0. The van der Waals surface area contributed by atoms with E-state index >= 15 is 0 Å². The van der Waals surface area contributed by atoms with Crippen LogP contribution in [-0.4, -0.2) is 13.2 Å². The monoisotopic (exact) mass is 402 g/mol. The van der Waals surface area contributed by atoms with E-state index in [0.29, 0.717) is 0 Å². The van der Waals surface area contributed by atoms with Gasteiger partial charge >= 0.3 is 0 Å². The normalized spacial score (nSPS) is 12.9. The second-order valence-corrected chi connectivity index (χ2v) is 8.67. The lowest BCUT2D eigenvalue weighted by molar-refractivity contribution is 0.140. The molecule has 4 aromatic carbocycles. The Kier molecular flexibility index (Phi) is 4.70. The van der Waals surface area contributed by atoms with E-state index in [1.54, 1.807) is 0 Å². The first-order valence-corrected chi connectivity index (χ1v) is 11.3. The number of hydrogen-bond donors (Lipinski definition) is 0. The number of ether oxygens (including phenoxy) is 1. The van der Waals surface area contributed by atoms with Gasteiger partial charge in [0.1, 0.15) is 0 Å². The molecule has 1 heteroatoms. The Morgan fingerprint density at radius 2 is 0.935 bits per heavy atom. The van der Waals surface area contributed by atoms with Gasteiger partial charge in [-0.2, -0.15) is 0 Å². The standard InChI is InChI=1S/C30H26O/c1-3-11-25-23(7-1)19-29-21(9-5-13-27(25)29)15-17-31-18-16-22-10-6-14-28-26-12-4-2-8-24(26)20-30(22)28/h1-14H,15-20H2. The van der Waals surface area contributed by atoms with Crippen molar-refractivity contribution in [2.75, 3.05) is 13.2 Å². The Labute approximate surface area is 184 Å². The van der Waals surface area contributed by atoms with Gasteiger partial charge in [-0.25, -0.2) is 0 Å². The number of rotatable bonds is 6. The number of hydrogen-bond acceptors (Lipinski definition) is 1. The lowest BCUT2D eigenvalue weighted by Gasteiger charge is -2.11. The average Bonchev–Trinajstić information content (AvgIpc) is 3.38. The Morgan fingerprint density at radius 3 is 1.45 bits per heavy atom. The van der Waals surface area contributed by atoms with Gasteiger partial charge in [0, 0.05) is 0 Å². The van der Waals surface area contributed by atoms with Gasteiger partial charge < -0.3 is 4.74 Å². The quantitative estimate of drug-likeness (QED) is 0.284. The minimum atomic E-state index is 0.780. The highest BCUT2D eigenvalue weighted by Crippen LogP contribution is 2.39. The minimum absolute atomic E-state index is 0.780. The van der Waals surface area contributed by atoms with Gasteiger partial charge in [-0.3, -0.25) is 0 Å². The highest BCUT2D eigenvalue weighted by atomic mass is 16.5. The summed E-state index contributed by atoms with van der Waals surface area (Å²) in [6.45, 7) is 1.56. The zero-order valence-corrected chi connectivity index (χ0v) is 17.7. The van der Waals surface area contributed by atoms with Crippen molar-refractivity contribution >= 4 is 0 Å². The fourth-order valence-electron chi connectivity index (χ4n) is 5.38. The third-order valence-electron chi connectivity index (χ3n) is 6.93. The molecule has 0 fully saturated rings. The maximum absolute atomic E-state index is 6.12. The highest BCUT2D eigenvalue weighted by Gasteiger charge is 2.21. The van der Waals surface area contributed by atoms with Crippen LogP contribution < -0.4 is 0 Å². The first kappa shape index (κ1) is 18.6. The molecule has 0 aromatic heterocycles. The van der Waals surface area contributed by atoms with Crippen LogP contribution in [0.2, 0.25) is 0 Å². The first-order valence-electron chi connectivity index (χ1n) is 11.3. The SMILES string of the molecule is c1ccc2c(c1)Cc1c(CCOCCc3cccc4c3Cc3ccccc3-4)cccc1-2. The van der Waals surface area contributed by atoms with Crippen molar-refractivity contribution in [2.24, 2.45) is 0 Å². The van der Waals surface area contributed by atoms with Crippen molar-refractivity contribution in [1.29, 1.82) is 0 Å². The van der Waals surface area contributed by atoms with Crippen molar-refractivity contribution in [2.45, 2.75) is 25.7 Å². The molecule has 4 aromatic rings. The van der Waals surface area contributed by atoms with E-state index in [0.717, 1.165) is 38.9 Å². The molecule has 0 aliphatic heterocycles. The predicted molar refractivity (Wildman–Crippen MR) is 128 cm³/mol. The summed E-state index contributed by atoms with van der Waals surface area (Å²) >= 11 is 0. The molecule has 0 heterocycles. The lowest BCUT2D eigenvalue weighted by Crippen LogP contribution is -2.05. The van der Waals surface area contributed by atoms with Crippen LogP contribution in [0.15, 0.2) is 84.9 Å². The van der Waals surface area contributed by atoms with Crippen molar-refractivity contribution in [3.05, 3.63) is 118 Å². The predicted octanol–water partition coefficient (Wildman–Crippen LogP) is 6.63. The third kappa shape index (κ3) is 3.30. The fraction of sp³-hybridized carbons (Fsp3) is 0.200. The molecule has 31 heavy (non-hydrogen) atoms. The van der Waals surface area contributed by atoms with Gasteiger partial charge in [-0.1, -0.05) is 84.9 Å². The molecule has 0 saturated heterocycles. The molecule has 152 valence electrons. The Morgan fingerprint density at radius 1 is 0.484 bits per heavy atom. The van der Waals surface area contributed by atoms with Gasteiger partial charge in [0.25, 0.3) is 0 Å². The first-order chi connectivity index (χ1) is 15.4. The van der Waals surface area contributed by atoms with Crippen molar-refractivity contribution in [3.63, 3.8) is 0 Å². The largest absolute Gasteiger partial charge is 0.381 e. The van der Waals surface area contributed by atoms with Crippen molar-refractivity contribution in [1.82, 2.24) is 0 Å². The zero-order valence-electron chi connectivity index (χ0n) is 17.7. The van der Waals surface area contributed by atoms with E-state index in [9.17, 15) is 0 Å². The molecule has 0 spiro atoms. The summed E-state index contributed by atoms with van der Waals surface area (Å²) < 4.78 is 6.12. The molecule has 6 rings (SSSR count). The van der Waals surface area contributed by atoms with Gasteiger partial charge in [-0.05, 0) is 81.3 Å². The van der Waals surface area contributed by atoms with E-state index < -0.39 is 0 Å². The van der Waals surface area contributed by atoms with Crippen LogP contribution in [0, 0.1) is 0 Å². The van der Waals surface area contributed by atoms with E-state index in [1.165, 1.54) is 55.6 Å². The Bertz CT molecular complexity index is 1170. The van der Waals surface area contributed by atoms with Gasteiger partial charge in [0.15, 0.2) is 0 Å². The highest BCUT2D eigenvalue weighted by molar-refractivity contribution is 5.78. The van der Waals surface area contributed by atoms with E-state index in [4.69, 9.17) is 4.74 Å². The van der Waals surface area contributed by atoms with Crippen LogP contribution in [0.1, 0.15) is 33.4 Å². The number of fused-ring (bicyclic) bond motifs is 6. The summed E-state index contributed by atoms with van der Waals surface area (Å²) in [7, 11) is 0. The molecule has 1 nitrogen and oxygen atoms in total. The van der Waals surface area contributed by atoms with Crippen LogP contribution in [-0.2, 0) is 30.4 Å². The Hall–Kier alpha value is -3.16. The van der Waals surface area contributed by atoms with E-state index in [1.807, 2.05) is 0 Å². The van der Waals surface area contributed by atoms with Crippen LogP contribution in [0.5, 0.6) is 0 Å². The molecule has 0 amide bonds. The number of benzene rings is 4. The summed E-state index contributed by atoms with van der Waals surface area (Å²) in [4.78, 5) is 0. The van der Waals surface area contributed by atoms with E-state index in [-0.39, 0.29) is 0 Å². The lowest BCUT2D eigenvalue weighted by atomic mass is 9.99. The summed E-state index contributed by atoms with van der Waals surface area (Å²) in [5, 5.41) is 0.